The third-order valence-electron chi connectivity index (χ3n) is 1.56. The van der Waals surface area contributed by atoms with Crippen molar-refractivity contribution in [2.45, 2.75) is 11.6 Å². The second kappa shape index (κ2) is 7.90. The van der Waals surface area contributed by atoms with Crippen molar-refractivity contribution < 1.29 is 0 Å². The first-order chi connectivity index (χ1) is 7.86. The highest BCUT2D eigenvalue weighted by Gasteiger charge is 1.97. The Kier molecular flexibility index (Phi) is 6.29. The first-order valence-corrected chi connectivity index (χ1v) is 6.45. The van der Waals surface area contributed by atoms with Gasteiger partial charge in [-0.15, -0.1) is 0 Å². The summed E-state index contributed by atoms with van der Waals surface area (Å²) in [6.07, 6.45) is 2.73. The minimum atomic E-state index is 0.499. The van der Waals surface area contributed by atoms with E-state index in [2.05, 4.69) is 25.0 Å². The summed E-state index contributed by atoms with van der Waals surface area (Å²) in [5.74, 6) is 1.42. The smallest absolute Gasteiger partial charge is 0.204 e. The van der Waals surface area contributed by atoms with Crippen molar-refractivity contribution in [1.82, 2.24) is 20.0 Å². The summed E-state index contributed by atoms with van der Waals surface area (Å²) in [5, 5.41) is 14.5. The first-order valence-electron chi connectivity index (χ1n) is 4.63. The standard InChI is InChI=1S/C8H12N6S2/c1-10-7(12-5-9)11-3-2-4-15-8-13-6-16-14-8/h6H,2-4H2,1H3,(H2,10,11,12). The van der Waals surface area contributed by atoms with Gasteiger partial charge < -0.3 is 5.32 Å². The number of nitriles is 1. The fraction of sp³-hybridized carbons (Fsp3) is 0.500. The van der Waals surface area contributed by atoms with Gasteiger partial charge in [0.25, 0.3) is 0 Å². The van der Waals surface area contributed by atoms with Gasteiger partial charge in [-0.1, -0.05) is 11.8 Å². The number of hydrogen-bond acceptors (Lipinski definition) is 6. The molecule has 0 aromatic carbocycles. The summed E-state index contributed by atoms with van der Waals surface area (Å²) in [6, 6.07) is 0. The number of guanidine groups is 1. The molecule has 0 radical (unpaired) electrons. The molecule has 1 aromatic rings. The third kappa shape index (κ3) is 4.95. The summed E-state index contributed by atoms with van der Waals surface area (Å²) >= 11 is 2.97. The first kappa shape index (κ1) is 12.7. The largest absolute Gasteiger partial charge is 0.359 e. The molecule has 0 unspecified atom stereocenters. The monoisotopic (exact) mass is 256 g/mol. The van der Waals surface area contributed by atoms with Crippen molar-refractivity contribution in [3.8, 4) is 6.19 Å². The van der Waals surface area contributed by atoms with Crippen molar-refractivity contribution in [1.29, 1.82) is 5.26 Å². The normalized spacial score (nSPS) is 10.9. The van der Waals surface area contributed by atoms with E-state index >= 15 is 0 Å². The highest BCUT2D eigenvalue weighted by Crippen LogP contribution is 2.13. The van der Waals surface area contributed by atoms with Gasteiger partial charge in [-0.3, -0.25) is 10.3 Å². The minimum absolute atomic E-state index is 0.499. The van der Waals surface area contributed by atoms with Crippen LogP contribution in [0, 0.1) is 11.5 Å². The van der Waals surface area contributed by atoms with Crippen LogP contribution in [0.3, 0.4) is 0 Å². The molecule has 8 heteroatoms. The van der Waals surface area contributed by atoms with E-state index in [0.29, 0.717) is 12.5 Å². The molecule has 0 saturated heterocycles. The van der Waals surface area contributed by atoms with Crippen LogP contribution in [0.4, 0.5) is 0 Å². The SMILES string of the molecule is CNC(=NCCCSc1ncsn1)NC#N. The van der Waals surface area contributed by atoms with Crippen LogP contribution in [0.2, 0.25) is 0 Å². The van der Waals surface area contributed by atoms with Crippen LogP contribution in [0.15, 0.2) is 15.7 Å². The molecule has 0 fully saturated rings. The highest BCUT2D eigenvalue weighted by molar-refractivity contribution is 7.99. The van der Waals surface area contributed by atoms with Gasteiger partial charge in [0.15, 0.2) is 11.3 Å². The molecular weight excluding hydrogens is 244 g/mol. The van der Waals surface area contributed by atoms with E-state index in [0.717, 1.165) is 17.3 Å². The van der Waals surface area contributed by atoms with Gasteiger partial charge in [0.1, 0.15) is 5.51 Å². The van der Waals surface area contributed by atoms with E-state index in [9.17, 15) is 0 Å². The topological polar surface area (TPSA) is 86.0 Å². The second-order valence-corrected chi connectivity index (χ2v) is 4.30. The van der Waals surface area contributed by atoms with Crippen molar-refractivity contribution >= 4 is 29.3 Å². The summed E-state index contributed by atoms with van der Waals surface area (Å²) in [6.45, 7) is 0.669. The molecular formula is C8H12N6S2. The Morgan fingerprint density at radius 1 is 1.75 bits per heavy atom. The maximum atomic E-state index is 8.39. The van der Waals surface area contributed by atoms with E-state index in [1.165, 1.54) is 11.5 Å². The van der Waals surface area contributed by atoms with Crippen LogP contribution in [-0.4, -0.2) is 34.7 Å². The molecule has 0 aliphatic carbocycles. The van der Waals surface area contributed by atoms with E-state index < -0.39 is 0 Å². The van der Waals surface area contributed by atoms with Gasteiger partial charge in [-0.05, 0) is 18.0 Å². The van der Waals surface area contributed by atoms with Gasteiger partial charge in [-0.2, -0.15) is 9.64 Å². The average Bonchev–Trinajstić information content (AvgIpc) is 2.80. The lowest BCUT2D eigenvalue weighted by Gasteiger charge is -2.01. The minimum Gasteiger partial charge on any atom is -0.359 e. The lowest BCUT2D eigenvalue weighted by atomic mass is 10.5. The van der Waals surface area contributed by atoms with Crippen LogP contribution < -0.4 is 10.6 Å². The number of hydrogen-bond donors (Lipinski definition) is 2. The summed E-state index contributed by atoms with van der Waals surface area (Å²) in [7, 11) is 1.72. The molecule has 0 spiro atoms. The Balaban J connectivity index is 2.13. The average molecular weight is 256 g/mol. The molecule has 86 valence electrons. The summed E-state index contributed by atoms with van der Waals surface area (Å²) in [5.41, 5.74) is 1.72. The molecule has 1 rings (SSSR count). The Labute approximate surface area is 102 Å². The number of thioether (sulfide) groups is 1. The molecule has 0 saturated carbocycles. The fourth-order valence-corrected chi connectivity index (χ4v) is 2.20. The van der Waals surface area contributed by atoms with Crippen molar-refractivity contribution in [2.24, 2.45) is 4.99 Å². The van der Waals surface area contributed by atoms with Crippen LogP contribution in [0.1, 0.15) is 6.42 Å². The van der Waals surface area contributed by atoms with Gasteiger partial charge in [-0.25, -0.2) is 4.98 Å². The van der Waals surface area contributed by atoms with Crippen molar-refractivity contribution in [2.75, 3.05) is 19.3 Å². The van der Waals surface area contributed by atoms with E-state index in [1.54, 1.807) is 24.3 Å². The maximum Gasteiger partial charge on any atom is 0.204 e. The van der Waals surface area contributed by atoms with Crippen LogP contribution in [-0.2, 0) is 0 Å². The van der Waals surface area contributed by atoms with Crippen LogP contribution in [0.5, 0.6) is 0 Å². The second-order valence-electron chi connectivity index (χ2n) is 2.63. The predicted molar refractivity (Wildman–Crippen MR) is 65.4 cm³/mol. The fourth-order valence-electron chi connectivity index (χ4n) is 0.877. The number of aliphatic imine (C=N–C) groups is 1. The molecule has 1 heterocycles. The summed E-state index contributed by atoms with van der Waals surface area (Å²) < 4.78 is 4.08. The Morgan fingerprint density at radius 3 is 3.25 bits per heavy atom. The zero-order chi connectivity index (χ0) is 11.6. The number of nitrogens with one attached hydrogen (secondary N) is 2. The van der Waals surface area contributed by atoms with Gasteiger partial charge in [0.05, 0.1) is 0 Å². The molecule has 0 aliphatic rings. The molecule has 0 bridgehead atoms. The molecule has 16 heavy (non-hydrogen) atoms. The Hall–Kier alpha value is -1.33. The molecule has 0 amide bonds. The highest BCUT2D eigenvalue weighted by atomic mass is 32.2. The van der Waals surface area contributed by atoms with Crippen molar-refractivity contribution in [3.63, 3.8) is 0 Å². The van der Waals surface area contributed by atoms with E-state index in [1.807, 2.05) is 6.19 Å². The Morgan fingerprint density at radius 2 is 2.62 bits per heavy atom. The van der Waals surface area contributed by atoms with Gasteiger partial charge in [0, 0.05) is 19.3 Å². The van der Waals surface area contributed by atoms with Crippen LogP contribution >= 0.6 is 23.3 Å². The van der Waals surface area contributed by atoms with Gasteiger partial charge in [0.2, 0.25) is 5.96 Å². The third-order valence-corrected chi connectivity index (χ3v) is 3.10. The maximum absolute atomic E-state index is 8.39. The predicted octanol–water partition coefficient (Wildman–Crippen LogP) is 0.666. The number of nitrogens with zero attached hydrogens (tertiary/aromatic N) is 4. The van der Waals surface area contributed by atoms with Crippen molar-refractivity contribution in [3.05, 3.63) is 5.51 Å². The van der Waals surface area contributed by atoms with E-state index in [-0.39, 0.29) is 0 Å². The molecule has 6 nitrogen and oxygen atoms in total. The zero-order valence-corrected chi connectivity index (χ0v) is 10.4. The number of rotatable bonds is 5. The molecule has 0 aliphatic heterocycles. The number of aromatic nitrogens is 2. The van der Waals surface area contributed by atoms with Crippen LogP contribution in [0.25, 0.3) is 0 Å². The molecule has 2 N–H and O–H groups in total. The molecule has 1 aromatic heterocycles. The summed E-state index contributed by atoms with van der Waals surface area (Å²) in [4.78, 5) is 8.23. The van der Waals surface area contributed by atoms with E-state index in [4.69, 9.17) is 5.26 Å². The lowest BCUT2D eigenvalue weighted by molar-refractivity contribution is 0.909. The molecule has 0 atom stereocenters. The zero-order valence-electron chi connectivity index (χ0n) is 8.80. The quantitative estimate of drug-likeness (QED) is 0.201. The Bertz CT molecular complexity index is 355. The van der Waals surface area contributed by atoms with Gasteiger partial charge >= 0.3 is 0 Å². The lowest BCUT2D eigenvalue weighted by Crippen LogP contribution is -2.31.